The third-order valence-corrected chi connectivity index (χ3v) is 4.15. The van der Waals surface area contributed by atoms with E-state index < -0.39 is 35.6 Å². The van der Waals surface area contributed by atoms with Crippen molar-refractivity contribution in [2.75, 3.05) is 30.4 Å². The summed E-state index contributed by atoms with van der Waals surface area (Å²) in [6.45, 7) is 1.33. The standard InChI is InChI=1S/C16H18F3N3O4.ClH/c1-9(21(2)6-5-14(24)25)15(26)22-8-13(23)20-11-7-10(16(17,18)19)3-4-12(11)22;/h3-4,7,9H,5-6,8H2,1-2H3,(H,20,23)(H,24,25);1H. The number of halogens is 4. The Morgan fingerprint density at radius 1 is 1.37 bits per heavy atom. The Labute approximate surface area is 159 Å². The maximum absolute atomic E-state index is 12.8. The zero-order chi connectivity index (χ0) is 19.6. The van der Waals surface area contributed by atoms with Crippen molar-refractivity contribution in [3.05, 3.63) is 23.8 Å². The van der Waals surface area contributed by atoms with E-state index in [1.165, 1.54) is 4.90 Å². The fourth-order valence-corrected chi connectivity index (χ4v) is 2.54. The van der Waals surface area contributed by atoms with E-state index >= 15 is 0 Å². The first kappa shape index (κ1) is 22.7. The lowest BCUT2D eigenvalue weighted by Gasteiger charge is -2.34. The summed E-state index contributed by atoms with van der Waals surface area (Å²) in [4.78, 5) is 37.8. The lowest BCUT2D eigenvalue weighted by Crippen LogP contribution is -2.50. The number of nitrogens with one attached hydrogen (secondary N) is 1. The van der Waals surface area contributed by atoms with Gasteiger partial charge in [-0.15, -0.1) is 12.4 Å². The van der Waals surface area contributed by atoms with Crippen LogP contribution in [0.2, 0.25) is 0 Å². The van der Waals surface area contributed by atoms with E-state index in [0.29, 0.717) is 0 Å². The Morgan fingerprint density at radius 2 is 2.00 bits per heavy atom. The number of aliphatic carboxylic acids is 1. The van der Waals surface area contributed by atoms with Gasteiger partial charge in [0.2, 0.25) is 11.8 Å². The monoisotopic (exact) mass is 409 g/mol. The summed E-state index contributed by atoms with van der Waals surface area (Å²) in [5.41, 5.74) is -0.858. The van der Waals surface area contributed by atoms with Crippen molar-refractivity contribution in [3.8, 4) is 0 Å². The zero-order valence-corrected chi connectivity index (χ0v) is 15.4. The minimum atomic E-state index is -4.57. The number of hydrogen-bond donors (Lipinski definition) is 2. The summed E-state index contributed by atoms with van der Waals surface area (Å²) in [7, 11) is 1.56. The second kappa shape index (κ2) is 8.57. The number of likely N-dealkylation sites (N-methyl/N-ethyl adjacent to an activating group) is 1. The highest BCUT2D eigenvalue weighted by Gasteiger charge is 2.35. The van der Waals surface area contributed by atoms with E-state index in [4.69, 9.17) is 5.11 Å². The second-order valence-corrected chi connectivity index (χ2v) is 6.00. The van der Waals surface area contributed by atoms with Gasteiger partial charge in [-0.3, -0.25) is 24.2 Å². The van der Waals surface area contributed by atoms with Crippen LogP contribution in [-0.2, 0) is 20.6 Å². The Hall–Kier alpha value is -2.33. The van der Waals surface area contributed by atoms with E-state index in [1.54, 1.807) is 14.0 Å². The molecule has 150 valence electrons. The van der Waals surface area contributed by atoms with Gasteiger partial charge >= 0.3 is 12.1 Å². The number of carboxylic acids is 1. The average Bonchev–Trinajstić information content (AvgIpc) is 2.56. The van der Waals surface area contributed by atoms with Crippen molar-refractivity contribution in [1.82, 2.24) is 4.90 Å². The summed E-state index contributed by atoms with van der Waals surface area (Å²) < 4.78 is 38.5. The van der Waals surface area contributed by atoms with E-state index in [1.807, 2.05) is 0 Å². The molecular formula is C16H19ClF3N3O4. The molecule has 1 aliphatic heterocycles. The van der Waals surface area contributed by atoms with Crippen LogP contribution in [0.5, 0.6) is 0 Å². The van der Waals surface area contributed by atoms with Crippen LogP contribution < -0.4 is 10.2 Å². The Kier molecular flexibility index (Phi) is 7.21. The minimum absolute atomic E-state index is 0. The molecule has 0 bridgehead atoms. The molecule has 27 heavy (non-hydrogen) atoms. The number of anilines is 2. The van der Waals surface area contributed by atoms with Gasteiger partial charge in [0.05, 0.1) is 29.4 Å². The summed E-state index contributed by atoms with van der Waals surface area (Å²) in [5, 5.41) is 11.1. The topological polar surface area (TPSA) is 90.0 Å². The van der Waals surface area contributed by atoms with Crippen LogP contribution in [0, 0.1) is 0 Å². The van der Waals surface area contributed by atoms with E-state index in [-0.39, 0.29) is 43.3 Å². The number of alkyl halides is 3. The Bertz CT molecular complexity index is 742. The molecule has 0 spiro atoms. The highest BCUT2D eigenvalue weighted by molar-refractivity contribution is 6.11. The molecule has 7 nitrogen and oxygen atoms in total. The van der Waals surface area contributed by atoms with Crippen molar-refractivity contribution >= 4 is 41.6 Å². The first-order chi connectivity index (χ1) is 12.0. The average molecular weight is 410 g/mol. The maximum Gasteiger partial charge on any atom is 0.416 e. The number of fused-ring (bicyclic) bond motifs is 1. The summed E-state index contributed by atoms with van der Waals surface area (Å²) in [6, 6.07) is 2.01. The van der Waals surface area contributed by atoms with Crippen molar-refractivity contribution < 1.29 is 32.7 Å². The smallest absolute Gasteiger partial charge is 0.416 e. The van der Waals surface area contributed by atoms with Gasteiger partial charge in [0, 0.05) is 6.54 Å². The zero-order valence-electron chi connectivity index (χ0n) is 14.5. The van der Waals surface area contributed by atoms with Crippen LogP contribution in [-0.4, -0.2) is 54.0 Å². The molecule has 11 heteroatoms. The van der Waals surface area contributed by atoms with Gasteiger partial charge in [-0.25, -0.2) is 0 Å². The molecule has 0 aromatic heterocycles. The number of benzene rings is 1. The van der Waals surface area contributed by atoms with Crippen LogP contribution >= 0.6 is 12.4 Å². The SMILES string of the molecule is CC(C(=O)N1CC(=O)Nc2cc(C(F)(F)F)ccc21)N(C)CCC(=O)O.Cl. The first-order valence-corrected chi connectivity index (χ1v) is 7.75. The van der Waals surface area contributed by atoms with Crippen LogP contribution in [0.25, 0.3) is 0 Å². The molecule has 0 saturated carbocycles. The predicted molar refractivity (Wildman–Crippen MR) is 94.0 cm³/mol. The van der Waals surface area contributed by atoms with Gasteiger partial charge in [-0.1, -0.05) is 0 Å². The number of carbonyl (C=O) groups is 3. The molecule has 1 unspecified atom stereocenters. The number of carboxylic acid groups (broad SMARTS) is 1. The third-order valence-electron chi connectivity index (χ3n) is 4.15. The molecule has 1 aromatic carbocycles. The van der Waals surface area contributed by atoms with Crippen molar-refractivity contribution in [1.29, 1.82) is 0 Å². The first-order valence-electron chi connectivity index (χ1n) is 7.75. The van der Waals surface area contributed by atoms with Gasteiger partial charge in [-0.2, -0.15) is 13.2 Å². The summed E-state index contributed by atoms with van der Waals surface area (Å²) in [5.74, 6) is -2.13. The lowest BCUT2D eigenvalue weighted by molar-refractivity contribution is -0.138. The molecule has 2 amide bonds. The molecule has 0 fully saturated rings. The van der Waals surface area contributed by atoms with Crippen molar-refractivity contribution in [2.24, 2.45) is 0 Å². The van der Waals surface area contributed by atoms with E-state index in [9.17, 15) is 27.6 Å². The van der Waals surface area contributed by atoms with Gasteiger partial charge in [-0.05, 0) is 32.2 Å². The molecule has 2 rings (SSSR count). The second-order valence-electron chi connectivity index (χ2n) is 6.00. The van der Waals surface area contributed by atoms with Crippen LogP contribution in [0.4, 0.5) is 24.5 Å². The molecule has 1 aliphatic rings. The normalized spacial score (nSPS) is 14.9. The quantitative estimate of drug-likeness (QED) is 0.778. The van der Waals surface area contributed by atoms with Gasteiger partial charge in [0.15, 0.2) is 0 Å². The fraction of sp³-hybridized carbons (Fsp3) is 0.438. The molecular weight excluding hydrogens is 391 g/mol. The third kappa shape index (κ3) is 5.33. The molecule has 1 heterocycles. The summed E-state index contributed by atoms with van der Waals surface area (Å²) >= 11 is 0. The predicted octanol–water partition coefficient (Wildman–Crippen LogP) is 2.21. The van der Waals surface area contributed by atoms with Crippen molar-refractivity contribution in [2.45, 2.75) is 25.6 Å². The molecule has 0 aliphatic carbocycles. The molecule has 2 N–H and O–H groups in total. The van der Waals surface area contributed by atoms with Crippen LogP contribution in [0.3, 0.4) is 0 Å². The van der Waals surface area contributed by atoms with Crippen LogP contribution in [0.1, 0.15) is 18.9 Å². The highest BCUT2D eigenvalue weighted by Crippen LogP contribution is 2.37. The summed E-state index contributed by atoms with van der Waals surface area (Å²) in [6.07, 6.45) is -4.74. The minimum Gasteiger partial charge on any atom is -0.481 e. The van der Waals surface area contributed by atoms with Gasteiger partial charge < -0.3 is 10.4 Å². The van der Waals surface area contributed by atoms with Gasteiger partial charge in [0.1, 0.15) is 6.54 Å². The number of amides is 2. The van der Waals surface area contributed by atoms with E-state index in [2.05, 4.69) is 5.32 Å². The number of nitrogens with zero attached hydrogens (tertiary/aromatic N) is 2. The Balaban J connectivity index is 0.00000364. The van der Waals surface area contributed by atoms with E-state index in [0.717, 1.165) is 23.1 Å². The highest BCUT2D eigenvalue weighted by atomic mass is 35.5. The number of rotatable bonds is 5. The molecule has 1 aromatic rings. The van der Waals surface area contributed by atoms with Gasteiger partial charge in [0.25, 0.3) is 0 Å². The number of hydrogen-bond acceptors (Lipinski definition) is 4. The fourth-order valence-electron chi connectivity index (χ4n) is 2.54. The Morgan fingerprint density at radius 3 is 2.56 bits per heavy atom. The maximum atomic E-state index is 12.8. The molecule has 0 saturated heterocycles. The van der Waals surface area contributed by atoms with Crippen molar-refractivity contribution in [3.63, 3.8) is 0 Å². The number of carbonyl (C=O) groups excluding carboxylic acids is 2. The largest absolute Gasteiger partial charge is 0.481 e. The van der Waals surface area contributed by atoms with Crippen LogP contribution in [0.15, 0.2) is 18.2 Å². The lowest BCUT2D eigenvalue weighted by atomic mass is 10.1. The molecule has 0 radical (unpaired) electrons. The molecule has 1 atom stereocenters.